The van der Waals surface area contributed by atoms with Crippen LogP contribution >= 0.6 is 0 Å². The predicted octanol–water partition coefficient (Wildman–Crippen LogP) is 2.90. The summed E-state index contributed by atoms with van der Waals surface area (Å²) < 4.78 is 42.1. The number of furan rings is 1. The molecule has 0 aliphatic carbocycles. The molecule has 1 aromatic carbocycles. The molecule has 0 N–H and O–H groups in total. The van der Waals surface area contributed by atoms with Gasteiger partial charge in [-0.1, -0.05) is 6.07 Å². The highest BCUT2D eigenvalue weighted by Gasteiger charge is 2.19. The molecule has 0 bridgehead atoms. The normalized spacial score (nSPS) is 12.5. The molecule has 0 unspecified atom stereocenters. The molecule has 1 aromatic heterocycles. The quantitative estimate of drug-likeness (QED) is 0.848. The first-order valence-corrected chi connectivity index (χ1v) is 7.00. The van der Waals surface area contributed by atoms with Crippen molar-refractivity contribution in [2.45, 2.75) is 24.9 Å². The van der Waals surface area contributed by atoms with Gasteiger partial charge in [0.1, 0.15) is 22.9 Å². The predicted molar refractivity (Wildman–Crippen MR) is 63.9 cm³/mol. The van der Waals surface area contributed by atoms with Crippen molar-refractivity contribution in [2.75, 3.05) is 0 Å². The van der Waals surface area contributed by atoms with Gasteiger partial charge in [0, 0.05) is 0 Å². The van der Waals surface area contributed by atoms with Gasteiger partial charge in [-0.25, -0.2) is 12.8 Å². The van der Waals surface area contributed by atoms with E-state index in [1.165, 1.54) is 18.2 Å². The number of halogens is 1. The fourth-order valence-corrected chi connectivity index (χ4v) is 2.39. The summed E-state index contributed by atoms with van der Waals surface area (Å²) in [7, 11) is -3.23. The van der Waals surface area contributed by atoms with E-state index in [2.05, 4.69) is 0 Å². The summed E-state index contributed by atoms with van der Waals surface area (Å²) in [6, 6.07) is 5.91. The molecule has 0 saturated carbocycles. The lowest BCUT2D eigenvalue weighted by molar-refractivity contribution is 0.550. The average molecular weight is 256 g/mol. The molecular weight excluding hydrogens is 243 g/mol. The number of hydrogen-bond donors (Lipinski definition) is 0. The van der Waals surface area contributed by atoms with E-state index in [9.17, 15) is 12.8 Å². The van der Waals surface area contributed by atoms with Crippen molar-refractivity contribution >= 4 is 20.8 Å². The molecule has 0 amide bonds. The minimum atomic E-state index is -3.23. The molecule has 0 aliphatic rings. The summed E-state index contributed by atoms with van der Waals surface area (Å²) >= 11 is 0. The molecular formula is C12H13FO3S. The van der Waals surface area contributed by atoms with Crippen LogP contribution in [0.1, 0.15) is 19.6 Å². The van der Waals surface area contributed by atoms with Gasteiger partial charge in [-0.05, 0) is 32.0 Å². The Morgan fingerprint density at radius 1 is 1.35 bits per heavy atom. The number of fused-ring (bicyclic) bond motifs is 1. The van der Waals surface area contributed by atoms with Crippen molar-refractivity contribution < 1.29 is 17.2 Å². The van der Waals surface area contributed by atoms with Gasteiger partial charge in [0.15, 0.2) is 9.84 Å². The summed E-state index contributed by atoms with van der Waals surface area (Å²) in [4.78, 5) is 0. The summed E-state index contributed by atoms with van der Waals surface area (Å²) in [6.45, 7) is 3.22. The van der Waals surface area contributed by atoms with Crippen LogP contribution in [-0.4, -0.2) is 13.7 Å². The van der Waals surface area contributed by atoms with E-state index in [1.807, 2.05) is 0 Å². The van der Waals surface area contributed by atoms with Crippen LogP contribution in [0.5, 0.6) is 0 Å². The molecule has 2 rings (SSSR count). The smallest absolute Gasteiger partial charge is 0.159 e. The van der Waals surface area contributed by atoms with Crippen LogP contribution < -0.4 is 0 Å². The van der Waals surface area contributed by atoms with Crippen LogP contribution in [0.25, 0.3) is 11.0 Å². The average Bonchev–Trinajstić information content (AvgIpc) is 2.60. The van der Waals surface area contributed by atoms with E-state index in [1.54, 1.807) is 19.9 Å². The number of sulfone groups is 1. The Balaban J connectivity index is 2.42. The second kappa shape index (κ2) is 4.14. The number of rotatable bonds is 3. The summed E-state index contributed by atoms with van der Waals surface area (Å²) in [5, 5.41) is -0.151. The Hall–Kier alpha value is -1.36. The summed E-state index contributed by atoms with van der Waals surface area (Å²) in [5.74, 6) is -0.322. The summed E-state index contributed by atoms with van der Waals surface area (Å²) in [6.07, 6.45) is 0. The molecule has 17 heavy (non-hydrogen) atoms. The Morgan fingerprint density at radius 3 is 2.65 bits per heavy atom. The van der Waals surface area contributed by atoms with Crippen LogP contribution in [-0.2, 0) is 15.6 Å². The monoisotopic (exact) mass is 256 g/mol. The van der Waals surface area contributed by atoms with Crippen LogP contribution in [0, 0.1) is 5.82 Å². The van der Waals surface area contributed by atoms with E-state index in [0.717, 1.165) is 0 Å². The molecule has 92 valence electrons. The fraction of sp³-hybridized carbons (Fsp3) is 0.333. The van der Waals surface area contributed by atoms with Crippen molar-refractivity contribution in [3.8, 4) is 0 Å². The third kappa shape index (κ3) is 2.34. The standard InChI is InChI=1S/C12H13FO3S/c1-8(2)17(14,15)7-9-6-10-11(13)4-3-5-12(10)16-9/h3-6,8H,7H2,1-2H3. The zero-order valence-electron chi connectivity index (χ0n) is 9.60. The zero-order valence-corrected chi connectivity index (χ0v) is 10.4. The number of hydrogen-bond acceptors (Lipinski definition) is 3. The molecule has 3 nitrogen and oxygen atoms in total. The lowest BCUT2D eigenvalue weighted by atomic mass is 10.2. The molecule has 0 saturated heterocycles. The van der Waals surface area contributed by atoms with Gasteiger partial charge in [0.25, 0.3) is 0 Å². The number of benzene rings is 1. The maximum Gasteiger partial charge on any atom is 0.159 e. The highest BCUT2D eigenvalue weighted by atomic mass is 32.2. The lowest BCUT2D eigenvalue weighted by Gasteiger charge is -2.04. The maximum atomic E-state index is 13.4. The maximum absolute atomic E-state index is 13.4. The van der Waals surface area contributed by atoms with E-state index in [-0.39, 0.29) is 11.5 Å². The summed E-state index contributed by atoms with van der Waals surface area (Å²) in [5.41, 5.74) is 0.374. The van der Waals surface area contributed by atoms with Crippen LogP contribution in [0.15, 0.2) is 28.7 Å². The van der Waals surface area contributed by atoms with Crippen molar-refractivity contribution in [1.29, 1.82) is 0 Å². The highest BCUT2D eigenvalue weighted by Crippen LogP contribution is 2.24. The van der Waals surface area contributed by atoms with Crippen LogP contribution in [0.4, 0.5) is 4.39 Å². The zero-order chi connectivity index (χ0) is 12.6. The Bertz CT molecular complexity index is 641. The topological polar surface area (TPSA) is 47.3 Å². The van der Waals surface area contributed by atoms with Gasteiger partial charge < -0.3 is 4.42 Å². The van der Waals surface area contributed by atoms with Gasteiger partial charge in [0.05, 0.1) is 10.6 Å². The SMILES string of the molecule is CC(C)S(=O)(=O)Cc1cc2c(F)cccc2o1. The molecule has 1 heterocycles. The van der Waals surface area contributed by atoms with Crippen molar-refractivity contribution in [2.24, 2.45) is 0 Å². The first kappa shape index (κ1) is 12.1. The van der Waals surface area contributed by atoms with E-state index in [0.29, 0.717) is 11.0 Å². The molecule has 0 atom stereocenters. The van der Waals surface area contributed by atoms with Crippen molar-refractivity contribution in [3.63, 3.8) is 0 Å². The van der Waals surface area contributed by atoms with Gasteiger partial charge in [-0.3, -0.25) is 0 Å². The fourth-order valence-electron chi connectivity index (χ4n) is 1.51. The Morgan fingerprint density at radius 2 is 2.06 bits per heavy atom. The second-order valence-corrected chi connectivity index (χ2v) is 6.78. The third-order valence-corrected chi connectivity index (χ3v) is 4.74. The third-order valence-electron chi connectivity index (χ3n) is 2.62. The largest absolute Gasteiger partial charge is 0.460 e. The van der Waals surface area contributed by atoms with Crippen LogP contribution in [0.3, 0.4) is 0 Å². The molecule has 0 fully saturated rings. The van der Waals surface area contributed by atoms with Gasteiger partial charge >= 0.3 is 0 Å². The van der Waals surface area contributed by atoms with Gasteiger partial charge in [-0.15, -0.1) is 0 Å². The molecule has 0 aliphatic heterocycles. The Labute approximate surface area is 99.2 Å². The minimum absolute atomic E-state index is 0.196. The van der Waals surface area contributed by atoms with Gasteiger partial charge in [-0.2, -0.15) is 0 Å². The molecule has 2 aromatic rings. The minimum Gasteiger partial charge on any atom is -0.460 e. The molecule has 5 heteroatoms. The molecule has 0 radical (unpaired) electrons. The second-order valence-electron chi connectivity index (χ2n) is 4.22. The highest BCUT2D eigenvalue weighted by molar-refractivity contribution is 7.91. The van der Waals surface area contributed by atoms with Crippen molar-refractivity contribution in [3.05, 3.63) is 35.8 Å². The van der Waals surface area contributed by atoms with E-state index in [4.69, 9.17) is 4.42 Å². The van der Waals surface area contributed by atoms with Gasteiger partial charge in [0.2, 0.25) is 0 Å². The van der Waals surface area contributed by atoms with E-state index < -0.39 is 20.9 Å². The first-order valence-electron chi connectivity index (χ1n) is 5.28. The van der Waals surface area contributed by atoms with Crippen molar-refractivity contribution in [1.82, 2.24) is 0 Å². The lowest BCUT2D eigenvalue weighted by Crippen LogP contribution is -2.15. The van der Waals surface area contributed by atoms with Crippen LogP contribution in [0.2, 0.25) is 0 Å². The molecule has 0 spiro atoms. The first-order chi connectivity index (χ1) is 7.90. The van der Waals surface area contributed by atoms with E-state index >= 15 is 0 Å². The Kier molecular flexibility index (Phi) is 2.95.